The Morgan fingerprint density at radius 1 is 1.21 bits per heavy atom. The lowest BCUT2D eigenvalue weighted by molar-refractivity contribution is -0.383. The monoisotopic (exact) mass is 397 g/mol. The highest BCUT2D eigenvalue weighted by Gasteiger charge is 2.26. The van der Waals surface area contributed by atoms with Gasteiger partial charge in [-0.2, -0.15) is 0 Å². The molecule has 2 aromatic carbocycles. The van der Waals surface area contributed by atoms with Gasteiger partial charge in [-0.25, -0.2) is 0 Å². The number of nitro groups is 1. The number of carbonyl (C=O) groups is 2. The van der Waals surface area contributed by atoms with Crippen LogP contribution in [-0.2, 0) is 4.79 Å². The molecule has 1 amide bonds. The Balaban J connectivity index is 1.76. The minimum atomic E-state index is -0.842. The molecule has 0 spiro atoms. The number of nitrogens with one attached hydrogen (secondary N) is 1. The number of benzene rings is 2. The van der Waals surface area contributed by atoms with E-state index in [9.17, 15) is 19.7 Å². The van der Waals surface area contributed by atoms with Gasteiger partial charge in [0.05, 0.1) is 4.92 Å². The third kappa shape index (κ3) is 5.31. The van der Waals surface area contributed by atoms with Crippen LogP contribution in [0.1, 0.15) is 36.0 Å². The third-order valence-electron chi connectivity index (χ3n) is 5.07. The second kappa shape index (κ2) is 9.18. The van der Waals surface area contributed by atoms with Crippen molar-refractivity contribution in [2.45, 2.75) is 25.7 Å². The maximum atomic E-state index is 12.9. The highest BCUT2D eigenvalue weighted by Crippen LogP contribution is 2.30. The molecular formula is C21H23N3O5. The van der Waals surface area contributed by atoms with Gasteiger partial charge < -0.3 is 15.3 Å². The molecule has 1 unspecified atom stereocenters. The summed E-state index contributed by atoms with van der Waals surface area (Å²) in [7, 11) is 0. The number of para-hydroxylation sites is 1. The number of hydrogen-bond acceptors (Lipinski definition) is 5. The molecule has 1 heterocycles. The van der Waals surface area contributed by atoms with Gasteiger partial charge in [0.2, 0.25) is 0 Å². The Hall–Kier alpha value is -3.42. The first-order chi connectivity index (χ1) is 13.9. The molecular weight excluding hydrogens is 374 g/mol. The number of nitrogens with zero attached hydrogens (tertiary/aromatic N) is 2. The summed E-state index contributed by atoms with van der Waals surface area (Å²) in [5.41, 5.74) is 1.12. The number of carboxylic acid groups (broad SMARTS) is 1. The summed E-state index contributed by atoms with van der Waals surface area (Å²) in [6, 6.07) is 13.5. The van der Waals surface area contributed by atoms with Crippen molar-refractivity contribution in [1.82, 2.24) is 4.90 Å². The fraction of sp³-hybridized carbons (Fsp3) is 0.333. The topological polar surface area (TPSA) is 113 Å². The zero-order valence-corrected chi connectivity index (χ0v) is 15.9. The SMILES string of the molecule is O=C(O)CCC1CCCN(C(=O)c2ccc(Nc3ccccc3)c([N+](=O)[O-])c2)C1. The molecule has 3 rings (SSSR count). The summed E-state index contributed by atoms with van der Waals surface area (Å²) in [6.45, 7) is 1.05. The molecule has 1 saturated heterocycles. The Labute approximate surface area is 168 Å². The van der Waals surface area contributed by atoms with Crippen LogP contribution in [0.2, 0.25) is 0 Å². The van der Waals surface area contributed by atoms with E-state index in [1.165, 1.54) is 6.07 Å². The van der Waals surface area contributed by atoms with Crippen LogP contribution in [0.4, 0.5) is 17.1 Å². The largest absolute Gasteiger partial charge is 0.481 e. The molecule has 2 aromatic rings. The van der Waals surface area contributed by atoms with Crippen molar-refractivity contribution in [3.8, 4) is 0 Å². The Morgan fingerprint density at radius 2 is 1.97 bits per heavy atom. The predicted molar refractivity (Wildman–Crippen MR) is 108 cm³/mol. The van der Waals surface area contributed by atoms with E-state index in [2.05, 4.69) is 5.32 Å². The Kier molecular flexibility index (Phi) is 6.43. The standard InChI is InChI=1S/C21H23N3O5/c25-20(26)11-8-15-5-4-12-23(14-15)21(27)16-9-10-18(19(13-16)24(28)29)22-17-6-2-1-3-7-17/h1-3,6-7,9-10,13,15,22H,4-5,8,11-12,14H2,(H,25,26). The van der Waals surface area contributed by atoms with Crippen LogP contribution in [0.25, 0.3) is 0 Å². The van der Waals surface area contributed by atoms with Gasteiger partial charge in [0, 0.05) is 36.8 Å². The average Bonchev–Trinajstić information content (AvgIpc) is 2.73. The number of anilines is 2. The molecule has 8 heteroatoms. The number of carbonyl (C=O) groups excluding carboxylic acids is 1. The van der Waals surface area contributed by atoms with Crippen LogP contribution in [0, 0.1) is 16.0 Å². The first kappa shape index (κ1) is 20.3. The number of carboxylic acids is 1. The van der Waals surface area contributed by atoms with Crippen LogP contribution >= 0.6 is 0 Å². The lowest BCUT2D eigenvalue weighted by Crippen LogP contribution is -2.40. The molecule has 152 valence electrons. The second-order valence-corrected chi connectivity index (χ2v) is 7.17. The van der Waals surface area contributed by atoms with Gasteiger partial charge in [-0.3, -0.25) is 19.7 Å². The van der Waals surface area contributed by atoms with E-state index in [1.807, 2.05) is 18.2 Å². The van der Waals surface area contributed by atoms with E-state index >= 15 is 0 Å². The van der Waals surface area contributed by atoms with Gasteiger partial charge in [-0.15, -0.1) is 0 Å². The number of amides is 1. The second-order valence-electron chi connectivity index (χ2n) is 7.17. The van der Waals surface area contributed by atoms with E-state index in [-0.39, 0.29) is 29.5 Å². The number of nitro benzene ring substituents is 1. The molecule has 1 fully saturated rings. The minimum absolute atomic E-state index is 0.0814. The van der Waals surface area contributed by atoms with Gasteiger partial charge in [-0.05, 0) is 49.4 Å². The van der Waals surface area contributed by atoms with Crippen LogP contribution in [-0.4, -0.2) is 39.9 Å². The summed E-state index contributed by atoms with van der Waals surface area (Å²) >= 11 is 0. The quantitative estimate of drug-likeness (QED) is 0.538. The van der Waals surface area contributed by atoms with Crippen molar-refractivity contribution in [1.29, 1.82) is 0 Å². The predicted octanol–water partition coefficient (Wildman–Crippen LogP) is 4.06. The highest BCUT2D eigenvalue weighted by molar-refractivity contribution is 5.96. The Bertz CT molecular complexity index is 900. The van der Waals surface area contributed by atoms with Gasteiger partial charge in [0.1, 0.15) is 5.69 Å². The maximum Gasteiger partial charge on any atom is 0.303 e. The normalized spacial score (nSPS) is 16.3. The summed E-state index contributed by atoms with van der Waals surface area (Å²) in [5, 5.41) is 23.4. The van der Waals surface area contributed by atoms with Gasteiger partial charge in [0.25, 0.3) is 11.6 Å². The van der Waals surface area contributed by atoms with Crippen LogP contribution in [0.15, 0.2) is 48.5 Å². The Morgan fingerprint density at radius 3 is 2.66 bits per heavy atom. The maximum absolute atomic E-state index is 12.9. The van der Waals surface area contributed by atoms with Crippen molar-refractivity contribution in [3.63, 3.8) is 0 Å². The third-order valence-corrected chi connectivity index (χ3v) is 5.07. The van der Waals surface area contributed by atoms with E-state index < -0.39 is 10.9 Å². The van der Waals surface area contributed by atoms with Gasteiger partial charge >= 0.3 is 5.97 Å². The van der Waals surface area contributed by atoms with Crippen molar-refractivity contribution in [3.05, 3.63) is 64.2 Å². The molecule has 1 aliphatic rings. The van der Waals surface area contributed by atoms with Gasteiger partial charge in [-0.1, -0.05) is 18.2 Å². The van der Waals surface area contributed by atoms with E-state index in [4.69, 9.17) is 5.11 Å². The molecule has 1 aliphatic heterocycles. The number of likely N-dealkylation sites (tertiary alicyclic amines) is 1. The summed E-state index contributed by atoms with van der Waals surface area (Å²) in [6.07, 6.45) is 2.29. The fourth-order valence-electron chi connectivity index (χ4n) is 3.59. The zero-order valence-electron chi connectivity index (χ0n) is 15.9. The molecule has 0 radical (unpaired) electrons. The van der Waals surface area contributed by atoms with Gasteiger partial charge in [0.15, 0.2) is 0 Å². The highest BCUT2D eigenvalue weighted by atomic mass is 16.6. The average molecular weight is 397 g/mol. The van der Waals surface area contributed by atoms with Crippen molar-refractivity contribution < 1.29 is 19.6 Å². The summed E-state index contributed by atoms with van der Waals surface area (Å²) < 4.78 is 0. The molecule has 0 aromatic heterocycles. The molecule has 29 heavy (non-hydrogen) atoms. The van der Waals surface area contributed by atoms with E-state index in [1.54, 1.807) is 29.2 Å². The summed E-state index contributed by atoms with van der Waals surface area (Å²) in [5.74, 6) is -0.970. The van der Waals surface area contributed by atoms with Crippen molar-refractivity contribution in [2.24, 2.45) is 5.92 Å². The first-order valence-corrected chi connectivity index (χ1v) is 9.55. The molecule has 1 atom stereocenters. The molecule has 0 saturated carbocycles. The van der Waals surface area contributed by atoms with Crippen LogP contribution in [0.3, 0.4) is 0 Å². The smallest absolute Gasteiger partial charge is 0.303 e. The lowest BCUT2D eigenvalue weighted by atomic mass is 9.93. The van der Waals surface area contributed by atoms with E-state index in [0.717, 1.165) is 12.8 Å². The summed E-state index contributed by atoms with van der Waals surface area (Å²) in [4.78, 5) is 36.4. The van der Waals surface area contributed by atoms with Crippen molar-refractivity contribution in [2.75, 3.05) is 18.4 Å². The van der Waals surface area contributed by atoms with E-state index in [0.29, 0.717) is 30.9 Å². The number of aliphatic carboxylic acids is 1. The van der Waals surface area contributed by atoms with Crippen molar-refractivity contribution >= 4 is 28.9 Å². The minimum Gasteiger partial charge on any atom is -0.481 e. The molecule has 0 aliphatic carbocycles. The molecule has 2 N–H and O–H groups in total. The fourth-order valence-corrected chi connectivity index (χ4v) is 3.59. The number of piperidine rings is 1. The number of hydrogen-bond donors (Lipinski definition) is 2. The molecule has 8 nitrogen and oxygen atoms in total. The zero-order chi connectivity index (χ0) is 20.8. The van der Waals surface area contributed by atoms with Crippen LogP contribution in [0.5, 0.6) is 0 Å². The lowest BCUT2D eigenvalue weighted by Gasteiger charge is -2.32. The molecule has 0 bridgehead atoms. The van der Waals surface area contributed by atoms with Crippen LogP contribution < -0.4 is 5.32 Å². The first-order valence-electron chi connectivity index (χ1n) is 9.55. The number of rotatable bonds is 7.